The quantitative estimate of drug-likeness (QED) is 0.828. The van der Waals surface area contributed by atoms with Crippen molar-refractivity contribution in [1.82, 2.24) is 4.98 Å². The zero-order chi connectivity index (χ0) is 13.0. The van der Waals surface area contributed by atoms with E-state index in [1.807, 2.05) is 5.38 Å². The van der Waals surface area contributed by atoms with Crippen molar-refractivity contribution in [1.29, 1.82) is 0 Å². The highest BCUT2D eigenvalue weighted by atomic mass is 32.1. The van der Waals surface area contributed by atoms with Crippen molar-refractivity contribution in [2.75, 3.05) is 12.4 Å². The number of aryl methyl sites for hydroxylation is 1. The van der Waals surface area contributed by atoms with Crippen molar-refractivity contribution >= 4 is 22.4 Å². The van der Waals surface area contributed by atoms with Crippen LogP contribution in [0.5, 0.6) is 0 Å². The first-order valence-corrected chi connectivity index (χ1v) is 7.02. The van der Waals surface area contributed by atoms with E-state index in [1.54, 1.807) is 7.11 Å². The van der Waals surface area contributed by atoms with Crippen LogP contribution >= 0.6 is 11.3 Å². The number of aromatic nitrogens is 1. The van der Waals surface area contributed by atoms with Crippen molar-refractivity contribution < 1.29 is 14.6 Å². The Morgan fingerprint density at radius 1 is 1.67 bits per heavy atom. The molecule has 0 aromatic carbocycles. The van der Waals surface area contributed by atoms with Crippen LogP contribution in [0.3, 0.4) is 0 Å². The summed E-state index contributed by atoms with van der Waals surface area (Å²) in [7, 11) is 1.74. The van der Waals surface area contributed by atoms with Gasteiger partial charge in [0.05, 0.1) is 24.3 Å². The standard InChI is InChI=1S/C12H18N2O3S/c1-17-10-4-2-3-9(10)14-12-13-8(7-18-12)5-6-11(15)16/h7,9-10H,2-6H2,1H3,(H,13,14)(H,15,16). The number of carboxylic acids is 1. The van der Waals surface area contributed by atoms with Crippen LogP contribution in [0.1, 0.15) is 31.4 Å². The molecule has 0 saturated heterocycles. The van der Waals surface area contributed by atoms with Gasteiger partial charge in [-0.15, -0.1) is 11.3 Å². The Balaban J connectivity index is 1.88. The number of carboxylic acid groups (broad SMARTS) is 1. The van der Waals surface area contributed by atoms with Crippen LogP contribution in [-0.2, 0) is 16.0 Å². The van der Waals surface area contributed by atoms with E-state index >= 15 is 0 Å². The molecule has 0 radical (unpaired) electrons. The highest BCUT2D eigenvalue weighted by Gasteiger charge is 2.27. The molecule has 0 bridgehead atoms. The van der Waals surface area contributed by atoms with Gasteiger partial charge in [0.1, 0.15) is 0 Å². The third-order valence-corrected chi connectivity index (χ3v) is 4.03. The number of ether oxygens (including phenoxy) is 1. The van der Waals surface area contributed by atoms with Crippen molar-refractivity contribution in [2.45, 2.75) is 44.2 Å². The molecule has 0 amide bonds. The van der Waals surface area contributed by atoms with Gasteiger partial charge in [0.25, 0.3) is 0 Å². The summed E-state index contributed by atoms with van der Waals surface area (Å²) in [6, 6.07) is 0.327. The highest BCUT2D eigenvalue weighted by molar-refractivity contribution is 7.13. The molecule has 1 aromatic heterocycles. The average Bonchev–Trinajstić information content (AvgIpc) is 2.96. The summed E-state index contributed by atoms with van der Waals surface area (Å²) in [4.78, 5) is 14.9. The van der Waals surface area contributed by atoms with Gasteiger partial charge in [-0.25, -0.2) is 4.98 Å². The number of rotatable bonds is 6. The van der Waals surface area contributed by atoms with E-state index in [4.69, 9.17) is 9.84 Å². The number of anilines is 1. The molecule has 0 aliphatic heterocycles. The molecular weight excluding hydrogens is 252 g/mol. The second-order valence-corrected chi connectivity index (χ2v) is 5.35. The van der Waals surface area contributed by atoms with Gasteiger partial charge in [-0.3, -0.25) is 4.79 Å². The average molecular weight is 270 g/mol. The van der Waals surface area contributed by atoms with Gasteiger partial charge in [-0.2, -0.15) is 0 Å². The van der Waals surface area contributed by atoms with Crippen molar-refractivity contribution in [3.05, 3.63) is 11.1 Å². The maximum absolute atomic E-state index is 10.5. The minimum absolute atomic E-state index is 0.132. The molecule has 5 nitrogen and oxygen atoms in total. The van der Waals surface area contributed by atoms with Gasteiger partial charge in [0, 0.05) is 18.9 Å². The zero-order valence-electron chi connectivity index (χ0n) is 10.4. The fraction of sp³-hybridized carbons (Fsp3) is 0.667. The lowest BCUT2D eigenvalue weighted by Crippen LogP contribution is -2.29. The summed E-state index contributed by atoms with van der Waals surface area (Å²) in [6.07, 6.45) is 4.25. The lowest BCUT2D eigenvalue weighted by atomic mass is 10.2. The van der Waals surface area contributed by atoms with Crippen LogP contribution in [0.4, 0.5) is 5.13 Å². The van der Waals surface area contributed by atoms with Crippen LogP contribution in [0.25, 0.3) is 0 Å². The molecule has 2 rings (SSSR count). The molecule has 2 unspecified atom stereocenters. The van der Waals surface area contributed by atoms with Crippen molar-refractivity contribution in [3.8, 4) is 0 Å². The first-order chi connectivity index (χ1) is 8.69. The van der Waals surface area contributed by atoms with Crippen molar-refractivity contribution in [3.63, 3.8) is 0 Å². The maximum atomic E-state index is 10.5. The summed E-state index contributed by atoms with van der Waals surface area (Å²) in [5.74, 6) is -0.784. The van der Waals surface area contributed by atoms with Gasteiger partial charge in [-0.1, -0.05) is 0 Å². The minimum atomic E-state index is -0.784. The number of methoxy groups -OCH3 is 1. The van der Waals surface area contributed by atoms with E-state index in [2.05, 4.69) is 10.3 Å². The number of hydrogen-bond donors (Lipinski definition) is 2. The van der Waals surface area contributed by atoms with E-state index < -0.39 is 5.97 Å². The van der Waals surface area contributed by atoms with E-state index in [0.717, 1.165) is 23.7 Å². The Kier molecular flexibility index (Phi) is 4.54. The Hall–Kier alpha value is -1.14. The van der Waals surface area contributed by atoms with E-state index in [9.17, 15) is 4.79 Å². The van der Waals surface area contributed by atoms with Crippen LogP contribution in [0.15, 0.2) is 5.38 Å². The Labute approximate surface area is 110 Å². The molecule has 1 fully saturated rings. The van der Waals surface area contributed by atoms with Crippen LogP contribution < -0.4 is 5.32 Å². The highest BCUT2D eigenvalue weighted by Crippen LogP contribution is 2.26. The first-order valence-electron chi connectivity index (χ1n) is 6.14. The minimum Gasteiger partial charge on any atom is -0.481 e. The molecule has 2 N–H and O–H groups in total. The Bertz CT molecular complexity index is 408. The normalized spacial score (nSPS) is 23.2. The molecule has 0 spiro atoms. The largest absolute Gasteiger partial charge is 0.481 e. The molecule has 1 aromatic rings. The van der Waals surface area contributed by atoms with Crippen molar-refractivity contribution in [2.24, 2.45) is 0 Å². The topological polar surface area (TPSA) is 71.5 Å². The lowest BCUT2D eigenvalue weighted by Gasteiger charge is -2.18. The van der Waals surface area contributed by atoms with E-state index in [-0.39, 0.29) is 12.5 Å². The Morgan fingerprint density at radius 3 is 3.22 bits per heavy atom. The number of hydrogen-bond acceptors (Lipinski definition) is 5. The number of carbonyl (C=O) groups is 1. The van der Waals surface area contributed by atoms with Gasteiger partial charge in [-0.05, 0) is 19.3 Å². The number of thiazole rings is 1. The summed E-state index contributed by atoms with van der Waals surface area (Å²) < 4.78 is 5.42. The SMILES string of the molecule is COC1CCCC1Nc1nc(CCC(=O)O)cs1. The van der Waals surface area contributed by atoms with E-state index in [1.165, 1.54) is 17.8 Å². The molecule has 18 heavy (non-hydrogen) atoms. The molecule has 6 heteroatoms. The third kappa shape index (κ3) is 3.43. The second-order valence-electron chi connectivity index (χ2n) is 4.49. The fourth-order valence-electron chi connectivity index (χ4n) is 2.25. The number of nitrogens with one attached hydrogen (secondary N) is 1. The van der Waals surface area contributed by atoms with Crippen LogP contribution in [0, 0.1) is 0 Å². The molecule has 1 aliphatic carbocycles. The monoisotopic (exact) mass is 270 g/mol. The smallest absolute Gasteiger partial charge is 0.303 e. The number of nitrogens with zero attached hydrogens (tertiary/aromatic N) is 1. The van der Waals surface area contributed by atoms with E-state index in [0.29, 0.717) is 12.5 Å². The van der Waals surface area contributed by atoms with Crippen LogP contribution in [-0.4, -0.2) is 35.3 Å². The van der Waals surface area contributed by atoms with Gasteiger partial charge in [0.2, 0.25) is 0 Å². The molecule has 100 valence electrons. The summed E-state index contributed by atoms with van der Waals surface area (Å²) in [5.41, 5.74) is 0.844. The predicted octanol–water partition coefficient (Wildman–Crippen LogP) is 2.14. The van der Waals surface area contributed by atoms with Crippen LogP contribution in [0.2, 0.25) is 0 Å². The molecule has 1 heterocycles. The van der Waals surface area contributed by atoms with Gasteiger partial charge >= 0.3 is 5.97 Å². The molecular formula is C12H18N2O3S. The molecule has 2 atom stereocenters. The summed E-state index contributed by atoms with van der Waals surface area (Å²) >= 11 is 1.53. The summed E-state index contributed by atoms with van der Waals surface area (Å²) in [6.45, 7) is 0. The molecule has 1 saturated carbocycles. The zero-order valence-corrected chi connectivity index (χ0v) is 11.2. The first kappa shape index (κ1) is 13.3. The number of aliphatic carboxylic acids is 1. The van der Waals surface area contributed by atoms with Gasteiger partial charge < -0.3 is 15.2 Å². The Morgan fingerprint density at radius 2 is 2.50 bits per heavy atom. The summed E-state index contributed by atoms with van der Waals surface area (Å²) in [5, 5.41) is 14.8. The fourth-order valence-corrected chi connectivity index (χ4v) is 3.06. The second kappa shape index (κ2) is 6.15. The molecule has 1 aliphatic rings. The van der Waals surface area contributed by atoms with Gasteiger partial charge in [0.15, 0.2) is 5.13 Å². The lowest BCUT2D eigenvalue weighted by molar-refractivity contribution is -0.136. The third-order valence-electron chi connectivity index (χ3n) is 3.21. The predicted molar refractivity (Wildman–Crippen MR) is 70.1 cm³/mol. The maximum Gasteiger partial charge on any atom is 0.303 e.